The van der Waals surface area contributed by atoms with E-state index in [-0.39, 0.29) is 5.91 Å². The van der Waals surface area contributed by atoms with Gasteiger partial charge in [-0.1, -0.05) is 6.92 Å². The molecule has 100 valence electrons. The van der Waals surface area contributed by atoms with Crippen molar-refractivity contribution in [3.05, 3.63) is 15.9 Å². The van der Waals surface area contributed by atoms with Crippen molar-refractivity contribution < 1.29 is 4.79 Å². The topological polar surface area (TPSA) is 49.0 Å². The molecule has 0 radical (unpaired) electrons. The van der Waals surface area contributed by atoms with Crippen molar-refractivity contribution in [3.63, 3.8) is 0 Å². The van der Waals surface area contributed by atoms with Gasteiger partial charge in [-0.05, 0) is 54.5 Å². The van der Waals surface area contributed by atoms with Crippen LogP contribution < -0.4 is 0 Å². The van der Waals surface area contributed by atoms with E-state index in [0.717, 1.165) is 28.9 Å². The summed E-state index contributed by atoms with van der Waals surface area (Å²) in [7, 11) is 1.89. The maximum atomic E-state index is 12.4. The lowest BCUT2D eigenvalue weighted by molar-refractivity contribution is 0.0672. The molecule has 0 bridgehead atoms. The highest BCUT2D eigenvalue weighted by Gasteiger charge is 2.27. The van der Waals surface area contributed by atoms with Crippen molar-refractivity contribution in [2.24, 2.45) is 5.92 Å². The first-order chi connectivity index (χ1) is 8.50. The molecule has 1 saturated carbocycles. The average Bonchev–Trinajstić information content (AvgIpc) is 2.69. The van der Waals surface area contributed by atoms with Gasteiger partial charge in [0.2, 0.25) is 0 Å². The predicted molar refractivity (Wildman–Crippen MR) is 74.5 cm³/mol. The van der Waals surface area contributed by atoms with Crippen LogP contribution in [0, 0.1) is 12.8 Å². The van der Waals surface area contributed by atoms with Gasteiger partial charge in [0.05, 0.1) is 4.47 Å². The third-order valence-corrected chi connectivity index (χ3v) is 4.90. The number of H-pyrrole nitrogens is 1. The minimum Gasteiger partial charge on any atom is -0.337 e. The second kappa shape index (κ2) is 5.43. The first kappa shape index (κ1) is 13.6. The summed E-state index contributed by atoms with van der Waals surface area (Å²) in [5, 5.41) is 6.92. The molecule has 4 nitrogen and oxygen atoms in total. The van der Waals surface area contributed by atoms with Crippen LogP contribution in [-0.2, 0) is 0 Å². The van der Waals surface area contributed by atoms with Crippen molar-refractivity contribution in [2.45, 2.75) is 45.6 Å². The van der Waals surface area contributed by atoms with E-state index in [2.05, 4.69) is 33.1 Å². The molecule has 0 aromatic carbocycles. The molecule has 2 rings (SSSR count). The number of hydrogen-bond donors (Lipinski definition) is 1. The Balaban J connectivity index is 2.07. The number of aromatic nitrogens is 2. The van der Waals surface area contributed by atoms with Gasteiger partial charge >= 0.3 is 0 Å². The summed E-state index contributed by atoms with van der Waals surface area (Å²) in [4.78, 5) is 14.2. The summed E-state index contributed by atoms with van der Waals surface area (Å²) >= 11 is 3.41. The lowest BCUT2D eigenvalue weighted by Gasteiger charge is -2.33. The minimum atomic E-state index is 0.00535. The fraction of sp³-hybridized carbons (Fsp3) is 0.692. The second-order valence-electron chi connectivity index (χ2n) is 5.34. The first-order valence-corrected chi connectivity index (χ1v) is 7.27. The number of aryl methyl sites for hydroxylation is 1. The fourth-order valence-corrected chi connectivity index (χ4v) is 2.87. The summed E-state index contributed by atoms with van der Waals surface area (Å²) in [6.45, 7) is 4.18. The second-order valence-corrected chi connectivity index (χ2v) is 6.13. The van der Waals surface area contributed by atoms with E-state index in [1.165, 1.54) is 12.8 Å². The largest absolute Gasteiger partial charge is 0.337 e. The molecule has 0 unspecified atom stereocenters. The maximum Gasteiger partial charge on any atom is 0.275 e. The minimum absolute atomic E-state index is 0.00535. The summed E-state index contributed by atoms with van der Waals surface area (Å²) in [5.74, 6) is 0.801. The summed E-state index contributed by atoms with van der Waals surface area (Å²) in [5.41, 5.74) is 1.39. The third-order valence-electron chi connectivity index (χ3n) is 3.93. The zero-order valence-electron chi connectivity index (χ0n) is 11.2. The van der Waals surface area contributed by atoms with E-state index in [4.69, 9.17) is 0 Å². The van der Waals surface area contributed by atoms with E-state index in [1.54, 1.807) is 0 Å². The fourth-order valence-electron chi connectivity index (χ4n) is 2.52. The molecule has 1 aliphatic rings. The summed E-state index contributed by atoms with van der Waals surface area (Å²) in [6, 6.07) is 0.359. The Hall–Kier alpha value is -0.840. The lowest BCUT2D eigenvalue weighted by atomic mass is 9.86. The van der Waals surface area contributed by atoms with Crippen molar-refractivity contribution >= 4 is 21.8 Å². The average molecular weight is 314 g/mol. The lowest BCUT2D eigenvalue weighted by Crippen LogP contribution is -2.39. The van der Waals surface area contributed by atoms with Crippen LogP contribution in [0.4, 0.5) is 0 Å². The van der Waals surface area contributed by atoms with Gasteiger partial charge in [0, 0.05) is 18.8 Å². The Morgan fingerprint density at radius 2 is 2.00 bits per heavy atom. The Kier molecular flexibility index (Phi) is 4.10. The van der Waals surface area contributed by atoms with Crippen LogP contribution >= 0.6 is 15.9 Å². The molecular weight excluding hydrogens is 294 g/mol. The molecule has 1 N–H and O–H groups in total. The monoisotopic (exact) mass is 313 g/mol. The first-order valence-electron chi connectivity index (χ1n) is 6.48. The van der Waals surface area contributed by atoms with E-state index in [0.29, 0.717) is 11.7 Å². The van der Waals surface area contributed by atoms with Gasteiger partial charge in [-0.3, -0.25) is 9.89 Å². The SMILES string of the molecule is Cc1[nH]nc(C(=O)N(C)C2CCC(C)CC2)c1Br. The number of carbonyl (C=O) groups excluding carboxylic acids is 1. The molecule has 18 heavy (non-hydrogen) atoms. The van der Waals surface area contributed by atoms with Gasteiger partial charge in [-0.2, -0.15) is 5.10 Å². The Morgan fingerprint density at radius 1 is 1.39 bits per heavy atom. The highest BCUT2D eigenvalue weighted by atomic mass is 79.9. The van der Waals surface area contributed by atoms with Crippen LogP contribution in [0.1, 0.15) is 48.8 Å². The van der Waals surface area contributed by atoms with Crippen LogP contribution in [0.25, 0.3) is 0 Å². The maximum absolute atomic E-state index is 12.4. The molecule has 1 amide bonds. The number of aromatic amines is 1. The standard InChI is InChI=1S/C13H20BrN3O/c1-8-4-6-10(7-5-8)17(3)13(18)12-11(14)9(2)15-16-12/h8,10H,4-7H2,1-3H3,(H,15,16). The van der Waals surface area contributed by atoms with E-state index in [1.807, 2.05) is 18.9 Å². The molecule has 5 heteroatoms. The molecular formula is C13H20BrN3O. The van der Waals surface area contributed by atoms with E-state index >= 15 is 0 Å². The van der Waals surface area contributed by atoms with Gasteiger partial charge in [0.25, 0.3) is 5.91 Å². The van der Waals surface area contributed by atoms with Gasteiger partial charge in [0.15, 0.2) is 5.69 Å². The molecule has 0 atom stereocenters. The number of nitrogens with zero attached hydrogens (tertiary/aromatic N) is 2. The number of rotatable bonds is 2. The Morgan fingerprint density at radius 3 is 2.50 bits per heavy atom. The van der Waals surface area contributed by atoms with E-state index < -0.39 is 0 Å². The molecule has 0 aliphatic heterocycles. The quantitative estimate of drug-likeness (QED) is 0.912. The summed E-state index contributed by atoms with van der Waals surface area (Å²) < 4.78 is 0.781. The Bertz CT molecular complexity index is 435. The predicted octanol–water partition coefficient (Wildman–Crippen LogP) is 3.13. The van der Waals surface area contributed by atoms with Crippen LogP contribution in [0.2, 0.25) is 0 Å². The molecule has 1 aromatic rings. The Labute approximate surface area is 116 Å². The number of nitrogens with one attached hydrogen (secondary N) is 1. The van der Waals surface area contributed by atoms with Gasteiger partial charge < -0.3 is 4.90 Å². The molecule has 1 heterocycles. The molecule has 1 aromatic heterocycles. The van der Waals surface area contributed by atoms with Crippen molar-refractivity contribution in [1.82, 2.24) is 15.1 Å². The summed E-state index contributed by atoms with van der Waals surface area (Å²) in [6.07, 6.45) is 4.63. The van der Waals surface area contributed by atoms with Crippen LogP contribution in [0.5, 0.6) is 0 Å². The van der Waals surface area contributed by atoms with E-state index in [9.17, 15) is 4.79 Å². The van der Waals surface area contributed by atoms with Gasteiger partial charge in [0.1, 0.15) is 0 Å². The number of carbonyl (C=O) groups is 1. The van der Waals surface area contributed by atoms with Gasteiger partial charge in [-0.25, -0.2) is 0 Å². The molecule has 0 saturated heterocycles. The highest BCUT2D eigenvalue weighted by Crippen LogP contribution is 2.28. The highest BCUT2D eigenvalue weighted by molar-refractivity contribution is 9.10. The number of hydrogen-bond acceptors (Lipinski definition) is 2. The molecule has 1 aliphatic carbocycles. The van der Waals surface area contributed by atoms with Crippen LogP contribution in [-0.4, -0.2) is 34.1 Å². The van der Waals surface area contributed by atoms with Crippen molar-refractivity contribution in [3.8, 4) is 0 Å². The van der Waals surface area contributed by atoms with Gasteiger partial charge in [-0.15, -0.1) is 0 Å². The molecule has 1 fully saturated rings. The van der Waals surface area contributed by atoms with Crippen molar-refractivity contribution in [2.75, 3.05) is 7.05 Å². The van der Waals surface area contributed by atoms with Crippen LogP contribution in [0.3, 0.4) is 0 Å². The normalized spacial score (nSPS) is 24.0. The zero-order chi connectivity index (χ0) is 13.3. The third kappa shape index (κ3) is 2.60. The molecule has 0 spiro atoms. The number of amides is 1. The van der Waals surface area contributed by atoms with Crippen LogP contribution in [0.15, 0.2) is 4.47 Å². The van der Waals surface area contributed by atoms with Crippen molar-refractivity contribution in [1.29, 1.82) is 0 Å². The smallest absolute Gasteiger partial charge is 0.275 e. The zero-order valence-corrected chi connectivity index (χ0v) is 12.7. The number of halogens is 1.